The molecule has 0 amide bonds. The summed E-state index contributed by atoms with van der Waals surface area (Å²) in [6.07, 6.45) is 4.71. The van der Waals surface area contributed by atoms with Crippen molar-refractivity contribution in [2.24, 2.45) is 0 Å². The number of aryl methyl sites for hydroxylation is 1. The third kappa shape index (κ3) is 3.65. The van der Waals surface area contributed by atoms with Crippen molar-refractivity contribution in [1.29, 1.82) is 0 Å². The Kier molecular flexibility index (Phi) is 4.40. The molecule has 0 spiro atoms. The summed E-state index contributed by atoms with van der Waals surface area (Å²) in [4.78, 5) is 4.61. The molecule has 24 heavy (non-hydrogen) atoms. The van der Waals surface area contributed by atoms with E-state index < -0.39 is 9.84 Å². The molecule has 124 valence electrons. The number of sulfone groups is 1. The molecule has 3 rings (SSSR count). The van der Waals surface area contributed by atoms with Gasteiger partial charge < -0.3 is 9.30 Å². The van der Waals surface area contributed by atoms with Crippen molar-refractivity contribution >= 4 is 9.84 Å². The second kappa shape index (κ2) is 6.49. The molecule has 0 aliphatic rings. The van der Waals surface area contributed by atoms with Crippen LogP contribution in [0.4, 0.5) is 0 Å². The van der Waals surface area contributed by atoms with E-state index in [9.17, 15) is 8.42 Å². The van der Waals surface area contributed by atoms with E-state index in [0.29, 0.717) is 11.5 Å². The Morgan fingerprint density at radius 1 is 1.04 bits per heavy atom. The first-order valence-electron chi connectivity index (χ1n) is 7.46. The van der Waals surface area contributed by atoms with E-state index in [0.717, 1.165) is 17.3 Å². The van der Waals surface area contributed by atoms with E-state index in [2.05, 4.69) is 4.98 Å². The van der Waals surface area contributed by atoms with Crippen molar-refractivity contribution in [2.45, 2.75) is 18.4 Å². The van der Waals surface area contributed by atoms with Gasteiger partial charge in [0.25, 0.3) is 0 Å². The highest BCUT2D eigenvalue weighted by molar-refractivity contribution is 7.90. The molecule has 2 aromatic carbocycles. The van der Waals surface area contributed by atoms with Crippen molar-refractivity contribution in [3.8, 4) is 11.4 Å². The van der Waals surface area contributed by atoms with Gasteiger partial charge in [0.1, 0.15) is 12.4 Å². The maximum atomic E-state index is 11.5. The number of rotatable bonds is 5. The normalized spacial score (nSPS) is 11.4. The predicted molar refractivity (Wildman–Crippen MR) is 92.2 cm³/mol. The van der Waals surface area contributed by atoms with E-state index in [1.807, 2.05) is 42.0 Å². The van der Waals surface area contributed by atoms with Crippen LogP contribution in [0, 0.1) is 6.92 Å². The Morgan fingerprint density at radius 3 is 2.33 bits per heavy atom. The lowest BCUT2D eigenvalue weighted by atomic mass is 10.2. The largest absolute Gasteiger partial charge is 0.486 e. The zero-order valence-electron chi connectivity index (χ0n) is 13.5. The number of imidazole rings is 1. The second-order valence-electron chi connectivity index (χ2n) is 5.58. The molecule has 6 heteroatoms. The maximum Gasteiger partial charge on any atom is 0.175 e. The molecule has 3 aromatic rings. The molecule has 0 bridgehead atoms. The molecule has 5 nitrogen and oxygen atoms in total. The molecule has 0 radical (unpaired) electrons. The average molecular weight is 342 g/mol. The molecule has 0 aliphatic carbocycles. The van der Waals surface area contributed by atoms with Crippen molar-refractivity contribution in [3.63, 3.8) is 0 Å². The fourth-order valence-electron chi connectivity index (χ4n) is 2.31. The highest BCUT2D eigenvalue weighted by Gasteiger charge is 2.09. The molecular weight excluding hydrogens is 324 g/mol. The van der Waals surface area contributed by atoms with Crippen molar-refractivity contribution in [3.05, 3.63) is 72.3 Å². The SMILES string of the molecule is Cc1ccc(OCc2nccn2-c2ccc(S(C)(=O)=O)cc2)cc1. The van der Waals surface area contributed by atoms with Gasteiger partial charge in [-0.1, -0.05) is 17.7 Å². The second-order valence-corrected chi connectivity index (χ2v) is 7.60. The smallest absolute Gasteiger partial charge is 0.175 e. The zero-order valence-corrected chi connectivity index (χ0v) is 14.3. The monoisotopic (exact) mass is 342 g/mol. The first-order chi connectivity index (χ1) is 11.4. The lowest BCUT2D eigenvalue weighted by molar-refractivity contribution is 0.294. The summed E-state index contributed by atoms with van der Waals surface area (Å²) in [5, 5.41) is 0. The molecule has 0 saturated heterocycles. The summed E-state index contributed by atoms with van der Waals surface area (Å²) in [5.74, 6) is 1.52. The fraction of sp³-hybridized carbons (Fsp3) is 0.167. The number of benzene rings is 2. The highest BCUT2D eigenvalue weighted by atomic mass is 32.2. The molecule has 0 fully saturated rings. The predicted octanol–water partition coefficient (Wildman–Crippen LogP) is 3.16. The topological polar surface area (TPSA) is 61.2 Å². The van der Waals surface area contributed by atoms with Crippen molar-refractivity contribution in [2.75, 3.05) is 6.26 Å². The Labute approximate surface area is 141 Å². The highest BCUT2D eigenvalue weighted by Crippen LogP contribution is 2.17. The van der Waals surface area contributed by atoms with Gasteiger partial charge in [0.2, 0.25) is 0 Å². The number of nitrogens with zero attached hydrogens (tertiary/aromatic N) is 2. The van der Waals surface area contributed by atoms with Crippen LogP contribution in [0.3, 0.4) is 0 Å². The Morgan fingerprint density at radius 2 is 1.71 bits per heavy atom. The van der Waals surface area contributed by atoms with Crippen LogP contribution in [0.2, 0.25) is 0 Å². The lowest BCUT2D eigenvalue weighted by Gasteiger charge is -2.10. The van der Waals surface area contributed by atoms with Crippen LogP contribution >= 0.6 is 0 Å². The molecule has 0 atom stereocenters. The third-order valence-corrected chi connectivity index (χ3v) is 4.78. The molecule has 0 unspecified atom stereocenters. The molecule has 0 aliphatic heterocycles. The fourth-order valence-corrected chi connectivity index (χ4v) is 2.94. The minimum Gasteiger partial charge on any atom is -0.486 e. The maximum absolute atomic E-state index is 11.5. The van der Waals surface area contributed by atoms with E-state index in [-0.39, 0.29) is 0 Å². The minimum absolute atomic E-state index is 0.295. The van der Waals surface area contributed by atoms with Gasteiger partial charge in [0.05, 0.1) is 4.90 Å². The van der Waals surface area contributed by atoms with Gasteiger partial charge in [-0.2, -0.15) is 0 Å². The molecular formula is C18H18N2O3S. The number of ether oxygens (including phenoxy) is 1. The molecule has 1 heterocycles. The van der Waals surface area contributed by atoms with E-state index in [1.165, 1.54) is 11.8 Å². The average Bonchev–Trinajstić information content (AvgIpc) is 3.02. The van der Waals surface area contributed by atoms with E-state index in [1.54, 1.807) is 30.5 Å². The van der Waals surface area contributed by atoms with Crippen LogP contribution in [0.1, 0.15) is 11.4 Å². The quantitative estimate of drug-likeness (QED) is 0.714. The number of hydrogen-bond acceptors (Lipinski definition) is 4. The summed E-state index contributed by atoms with van der Waals surface area (Å²) in [6.45, 7) is 2.35. The van der Waals surface area contributed by atoms with Gasteiger partial charge in [0, 0.05) is 24.3 Å². The van der Waals surface area contributed by atoms with Crippen LogP contribution in [0.25, 0.3) is 5.69 Å². The standard InChI is InChI=1S/C18H18N2O3S/c1-14-3-7-16(8-4-14)23-13-18-19-11-12-20(18)15-5-9-17(10-6-15)24(2,21)22/h3-12H,13H2,1-2H3. The van der Waals surface area contributed by atoms with E-state index >= 15 is 0 Å². The molecule has 1 aromatic heterocycles. The van der Waals surface area contributed by atoms with Gasteiger partial charge in [-0.3, -0.25) is 0 Å². The van der Waals surface area contributed by atoms with Crippen LogP contribution in [0.5, 0.6) is 5.75 Å². The number of aromatic nitrogens is 2. The van der Waals surface area contributed by atoms with Gasteiger partial charge in [0.15, 0.2) is 15.7 Å². The molecule has 0 N–H and O–H groups in total. The summed E-state index contributed by atoms with van der Waals surface area (Å²) in [6, 6.07) is 14.5. The summed E-state index contributed by atoms with van der Waals surface area (Å²) in [7, 11) is -3.20. The van der Waals surface area contributed by atoms with Crippen LogP contribution < -0.4 is 4.74 Å². The first-order valence-corrected chi connectivity index (χ1v) is 9.35. The molecule has 0 saturated carbocycles. The van der Waals surface area contributed by atoms with Crippen LogP contribution in [-0.2, 0) is 16.4 Å². The first kappa shape index (κ1) is 16.3. The summed E-state index contributed by atoms with van der Waals surface area (Å²) in [5.41, 5.74) is 2.01. The number of hydrogen-bond donors (Lipinski definition) is 0. The van der Waals surface area contributed by atoms with Crippen LogP contribution in [-0.4, -0.2) is 24.2 Å². The van der Waals surface area contributed by atoms with Crippen molar-refractivity contribution < 1.29 is 13.2 Å². The zero-order chi connectivity index (χ0) is 17.2. The van der Waals surface area contributed by atoms with E-state index in [4.69, 9.17) is 4.74 Å². The van der Waals surface area contributed by atoms with Gasteiger partial charge in [-0.25, -0.2) is 13.4 Å². The summed E-state index contributed by atoms with van der Waals surface area (Å²) < 4.78 is 30.7. The van der Waals surface area contributed by atoms with Gasteiger partial charge in [-0.15, -0.1) is 0 Å². The lowest BCUT2D eigenvalue weighted by Crippen LogP contribution is -2.05. The minimum atomic E-state index is -3.20. The van der Waals surface area contributed by atoms with Gasteiger partial charge in [-0.05, 0) is 43.3 Å². The Hall–Kier alpha value is -2.60. The van der Waals surface area contributed by atoms with Gasteiger partial charge >= 0.3 is 0 Å². The van der Waals surface area contributed by atoms with Crippen molar-refractivity contribution in [1.82, 2.24) is 9.55 Å². The third-order valence-electron chi connectivity index (χ3n) is 3.65. The Balaban J connectivity index is 1.78. The summed E-state index contributed by atoms with van der Waals surface area (Å²) >= 11 is 0. The van der Waals surface area contributed by atoms with Crippen LogP contribution in [0.15, 0.2) is 65.8 Å². The Bertz CT molecular complexity index is 927.